The van der Waals surface area contributed by atoms with Crippen LogP contribution in [0.2, 0.25) is 0 Å². The third kappa shape index (κ3) is 3.76. The third-order valence-corrected chi connectivity index (χ3v) is 6.34. The summed E-state index contributed by atoms with van der Waals surface area (Å²) in [7, 11) is 0. The Balaban J connectivity index is 2.11. The molecule has 1 saturated carbocycles. The van der Waals surface area contributed by atoms with Gasteiger partial charge in [0, 0.05) is 23.3 Å². The van der Waals surface area contributed by atoms with E-state index in [9.17, 15) is 4.79 Å². The number of pyridine rings is 1. The van der Waals surface area contributed by atoms with Gasteiger partial charge in [0.25, 0.3) is 5.91 Å². The minimum absolute atomic E-state index is 0.0526. The fourth-order valence-electron chi connectivity index (χ4n) is 3.20. The summed E-state index contributed by atoms with van der Waals surface area (Å²) in [4.78, 5) is 23.8. The molecule has 1 amide bonds. The number of nitrogens with zero attached hydrogens (tertiary/aromatic N) is 3. The number of aryl methyl sites for hydroxylation is 2. The van der Waals surface area contributed by atoms with E-state index in [4.69, 9.17) is 0 Å². The first-order valence-electron chi connectivity index (χ1n) is 8.90. The molecule has 0 saturated heterocycles. The summed E-state index contributed by atoms with van der Waals surface area (Å²) in [6.45, 7) is 13.6. The first-order chi connectivity index (χ1) is 11.7. The van der Waals surface area contributed by atoms with Crippen LogP contribution in [0.25, 0.3) is 0 Å². The molecule has 1 aliphatic rings. The predicted molar refractivity (Wildman–Crippen MR) is 102 cm³/mol. The number of carbonyl (C=O) groups is 1. The summed E-state index contributed by atoms with van der Waals surface area (Å²) in [5.74, 6) is 0.548. The average Bonchev–Trinajstić information content (AvgIpc) is 3.25. The van der Waals surface area contributed by atoms with Gasteiger partial charge in [-0.15, -0.1) is 11.3 Å². The number of carbonyl (C=O) groups excluding carboxylic acids is 1. The minimum atomic E-state index is -0.186. The first kappa shape index (κ1) is 18.1. The summed E-state index contributed by atoms with van der Waals surface area (Å²) in [5, 5.41) is 0. The molecule has 2 heterocycles. The van der Waals surface area contributed by atoms with Crippen molar-refractivity contribution in [3.63, 3.8) is 0 Å². The molecular formula is C20H27N3OS. The maximum atomic E-state index is 12.9. The number of hydrogen-bond acceptors (Lipinski definition) is 3. The number of amides is 1. The predicted octanol–water partition coefficient (Wildman–Crippen LogP) is 4.32. The SMILES string of the molecule is Cc1ccnc(C)c1C(=O)/N=c1\sc(C(C)(C)C)c(C)n1CC1CC1. The van der Waals surface area contributed by atoms with Crippen LogP contribution in [0.3, 0.4) is 0 Å². The molecule has 0 spiro atoms. The van der Waals surface area contributed by atoms with Crippen LogP contribution in [0, 0.1) is 26.7 Å². The Morgan fingerprint density at radius 3 is 2.56 bits per heavy atom. The molecule has 2 aromatic heterocycles. The Bertz CT molecular complexity index is 859. The van der Waals surface area contributed by atoms with Gasteiger partial charge in [0.05, 0.1) is 11.3 Å². The monoisotopic (exact) mass is 357 g/mol. The van der Waals surface area contributed by atoms with E-state index in [1.165, 1.54) is 23.4 Å². The second kappa shape index (κ2) is 6.52. The highest BCUT2D eigenvalue weighted by atomic mass is 32.1. The normalized spacial score (nSPS) is 15.7. The molecule has 1 fully saturated rings. The molecule has 0 bridgehead atoms. The topological polar surface area (TPSA) is 47.2 Å². The van der Waals surface area contributed by atoms with E-state index in [2.05, 4.69) is 42.2 Å². The van der Waals surface area contributed by atoms with Crippen molar-refractivity contribution in [2.75, 3.05) is 0 Å². The Labute approximate surface area is 153 Å². The smallest absolute Gasteiger partial charge is 0.281 e. The molecule has 3 rings (SSSR count). The molecule has 2 aromatic rings. The van der Waals surface area contributed by atoms with Crippen molar-refractivity contribution < 1.29 is 4.79 Å². The minimum Gasteiger partial charge on any atom is -0.320 e. The molecule has 5 heteroatoms. The molecule has 0 atom stereocenters. The number of thiazole rings is 1. The molecule has 25 heavy (non-hydrogen) atoms. The van der Waals surface area contributed by atoms with Crippen molar-refractivity contribution in [2.45, 2.75) is 66.3 Å². The maximum Gasteiger partial charge on any atom is 0.281 e. The van der Waals surface area contributed by atoms with Gasteiger partial charge in [0.2, 0.25) is 0 Å². The zero-order valence-electron chi connectivity index (χ0n) is 16.0. The van der Waals surface area contributed by atoms with Crippen LogP contribution in [0.1, 0.15) is 65.8 Å². The highest BCUT2D eigenvalue weighted by Gasteiger charge is 2.27. The van der Waals surface area contributed by atoms with Crippen molar-refractivity contribution in [1.82, 2.24) is 9.55 Å². The molecular weight excluding hydrogens is 330 g/mol. The maximum absolute atomic E-state index is 12.9. The number of rotatable bonds is 3. The Kier molecular flexibility index (Phi) is 4.71. The lowest BCUT2D eigenvalue weighted by atomic mass is 9.93. The molecule has 0 aliphatic heterocycles. The summed E-state index contributed by atoms with van der Waals surface area (Å²) in [6.07, 6.45) is 4.30. The average molecular weight is 358 g/mol. The van der Waals surface area contributed by atoms with E-state index in [0.717, 1.165) is 28.5 Å². The molecule has 0 N–H and O–H groups in total. The van der Waals surface area contributed by atoms with E-state index >= 15 is 0 Å². The molecule has 1 aliphatic carbocycles. The number of hydrogen-bond donors (Lipinski definition) is 0. The second-order valence-electron chi connectivity index (χ2n) is 8.11. The van der Waals surface area contributed by atoms with Crippen molar-refractivity contribution >= 4 is 17.2 Å². The zero-order valence-corrected chi connectivity index (χ0v) is 16.8. The van der Waals surface area contributed by atoms with Crippen LogP contribution in [-0.2, 0) is 12.0 Å². The van der Waals surface area contributed by atoms with E-state index in [1.807, 2.05) is 19.9 Å². The summed E-state index contributed by atoms with van der Waals surface area (Å²) >= 11 is 1.65. The van der Waals surface area contributed by atoms with Crippen LogP contribution in [0.4, 0.5) is 0 Å². The van der Waals surface area contributed by atoms with Gasteiger partial charge in [0.15, 0.2) is 4.80 Å². The summed E-state index contributed by atoms with van der Waals surface area (Å²) in [6, 6.07) is 1.87. The van der Waals surface area contributed by atoms with Crippen molar-refractivity contribution in [3.05, 3.63) is 44.5 Å². The lowest BCUT2D eigenvalue weighted by molar-refractivity contribution is 0.0996. The second-order valence-corrected chi connectivity index (χ2v) is 9.09. The van der Waals surface area contributed by atoms with Gasteiger partial charge in [-0.25, -0.2) is 0 Å². The lowest BCUT2D eigenvalue weighted by Gasteiger charge is -2.17. The van der Waals surface area contributed by atoms with Crippen LogP contribution >= 0.6 is 11.3 Å². The highest BCUT2D eigenvalue weighted by Crippen LogP contribution is 2.33. The molecule has 0 aromatic carbocycles. The van der Waals surface area contributed by atoms with Crippen LogP contribution < -0.4 is 4.80 Å². The first-order valence-corrected chi connectivity index (χ1v) is 9.72. The quantitative estimate of drug-likeness (QED) is 0.821. The van der Waals surface area contributed by atoms with Gasteiger partial charge in [-0.3, -0.25) is 9.78 Å². The van der Waals surface area contributed by atoms with Crippen LogP contribution in [0.5, 0.6) is 0 Å². The third-order valence-electron chi connectivity index (χ3n) is 4.74. The zero-order chi connectivity index (χ0) is 18.4. The van der Waals surface area contributed by atoms with Gasteiger partial charge >= 0.3 is 0 Å². The van der Waals surface area contributed by atoms with Gasteiger partial charge < -0.3 is 4.57 Å². The molecule has 0 radical (unpaired) electrons. The van der Waals surface area contributed by atoms with Crippen molar-refractivity contribution in [2.24, 2.45) is 10.9 Å². The van der Waals surface area contributed by atoms with Crippen molar-refractivity contribution in [1.29, 1.82) is 0 Å². The molecule has 4 nitrogen and oxygen atoms in total. The summed E-state index contributed by atoms with van der Waals surface area (Å²) < 4.78 is 2.25. The van der Waals surface area contributed by atoms with Crippen LogP contribution in [-0.4, -0.2) is 15.5 Å². The fourth-order valence-corrected chi connectivity index (χ4v) is 4.40. The van der Waals surface area contributed by atoms with Gasteiger partial charge in [-0.1, -0.05) is 20.8 Å². The largest absolute Gasteiger partial charge is 0.320 e. The van der Waals surface area contributed by atoms with Crippen LogP contribution in [0.15, 0.2) is 17.3 Å². The fraction of sp³-hybridized carbons (Fsp3) is 0.550. The standard InChI is InChI=1S/C20H27N3OS/c1-12-9-10-21-13(2)16(12)18(24)22-19-23(11-15-7-8-15)14(3)17(25-19)20(4,5)6/h9-10,15H,7-8,11H2,1-6H3/b22-19-. The van der Waals surface area contributed by atoms with Crippen molar-refractivity contribution in [3.8, 4) is 0 Å². The Morgan fingerprint density at radius 1 is 1.32 bits per heavy atom. The Hall–Kier alpha value is -1.75. The number of aromatic nitrogens is 2. The van der Waals surface area contributed by atoms with Gasteiger partial charge in [0.1, 0.15) is 0 Å². The summed E-state index contributed by atoms with van der Waals surface area (Å²) in [5.41, 5.74) is 3.60. The van der Waals surface area contributed by atoms with Gasteiger partial charge in [-0.05, 0) is 56.6 Å². The lowest BCUT2D eigenvalue weighted by Crippen LogP contribution is -2.20. The van der Waals surface area contributed by atoms with E-state index < -0.39 is 0 Å². The highest BCUT2D eigenvalue weighted by molar-refractivity contribution is 7.09. The molecule has 134 valence electrons. The van der Waals surface area contributed by atoms with E-state index in [0.29, 0.717) is 5.56 Å². The Morgan fingerprint density at radius 2 is 2.00 bits per heavy atom. The van der Waals surface area contributed by atoms with Gasteiger partial charge in [-0.2, -0.15) is 4.99 Å². The van der Waals surface area contributed by atoms with E-state index in [-0.39, 0.29) is 11.3 Å². The molecule has 0 unspecified atom stereocenters. The van der Waals surface area contributed by atoms with E-state index in [1.54, 1.807) is 17.5 Å².